The number of ether oxygens (including phenoxy) is 4. The van der Waals surface area contributed by atoms with E-state index in [2.05, 4.69) is 21.3 Å². The van der Waals surface area contributed by atoms with Crippen molar-refractivity contribution in [2.24, 2.45) is 0 Å². The van der Waals surface area contributed by atoms with Crippen molar-refractivity contribution in [3.8, 4) is 0 Å². The highest BCUT2D eigenvalue weighted by Gasteiger charge is 2.42. The van der Waals surface area contributed by atoms with Crippen molar-refractivity contribution in [1.82, 2.24) is 26.3 Å². The summed E-state index contributed by atoms with van der Waals surface area (Å²) < 4.78 is 21.8. The Labute approximate surface area is 299 Å². The topological polar surface area (TPSA) is 200 Å². The standard InChI is InChI=1S/C30H49N5O11S3/c36-24(4-2-1-3-23-29-22(21-47-23)33-30(41)34-29)31-9-12-43-14-16-45-18-17-44-15-13-42-11-7-25(37)32-10-20-49-48-19-8-28(40)46-35-26(38)5-6-27(35)39/h22-23,29H,1-21H2,(H,31,36)(H,32,37)(H2,33,34,41)/t22-,23-,29+/m0/s1. The fourth-order valence-electron chi connectivity index (χ4n) is 4.92. The zero-order valence-electron chi connectivity index (χ0n) is 27.7. The van der Waals surface area contributed by atoms with Gasteiger partial charge in [-0.1, -0.05) is 28.0 Å². The zero-order valence-corrected chi connectivity index (χ0v) is 30.2. The van der Waals surface area contributed by atoms with Crippen molar-refractivity contribution >= 4 is 69.0 Å². The van der Waals surface area contributed by atoms with E-state index in [1.165, 1.54) is 21.6 Å². The predicted molar refractivity (Wildman–Crippen MR) is 185 cm³/mol. The fourth-order valence-corrected chi connectivity index (χ4v) is 8.34. The first-order valence-corrected chi connectivity index (χ1v) is 20.2. The molecule has 0 bridgehead atoms. The molecule has 0 aromatic carbocycles. The number of hydrogen-bond donors (Lipinski definition) is 4. The van der Waals surface area contributed by atoms with Gasteiger partial charge in [-0.05, 0) is 12.8 Å². The van der Waals surface area contributed by atoms with Gasteiger partial charge >= 0.3 is 12.0 Å². The molecule has 49 heavy (non-hydrogen) atoms. The van der Waals surface area contributed by atoms with E-state index in [9.17, 15) is 28.8 Å². The van der Waals surface area contributed by atoms with Gasteiger partial charge in [0.1, 0.15) is 0 Å². The Morgan fingerprint density at radius 2 is 1.35 bits per heavy atom. The Morgan fingerprint density at radius 1 is 0.735 bits per heavy atom. The molecular weight excluding hydrogens is 703 g/mol. The molecule has 3 atom stereocenters. The molecule has 0 radical (unpaired) electrons. The molecule has 3 saturated heterocycles. The number of nitrogens with one attached hydrogen (secondary N) is 4. The lowest BCUT2D eigenvalue weighted by Gasteiger charge is -2.16. The summed E-state index contributed by atoms with van der Waals surface area (Å²) in [6.45, 7) is 4.10. The smallest absolute Gasteiger partial charge is 0.334 e. The van der Waals surface area contributed by atoms with Crippen molar-refractivity contribution in [3.63, 3.8) is 0 Å². The van der Waals surface area contributed by atoms with Gasteiger partial charge in [-0.2, -0.15) is 11.8 Å². The van der Waals surface area contributed by atoms with Crippen molar-refractivity contribution < 1.29 is 52.6 Å². The van der Waals surface area contributed by atoms with Gasteiger partial charge in [-0.3, -0.25) is 19.2 Å². The van der Waals surface area contributed by atoms with Gasteiger partial charge in [0.15, 0.2) is 0 Å². The predicted octanol–water partition coefficient (Wildman–Crippen LogP) is 0.780. The maximum atomic E-state index is 12.0. The summed E-state index contributed by atoms with van der Waals surface area (Å²) in [6, 6.07) is 0.370. The molecule has 3 rings (SSSR count). The molecule has 3 heterocycles. The first-order valence-electron chi connectivity index (χ1n) is 16.7. The first-order chi connectivity index (χ1) is 23.8. The molecule has 16 nitrogen and oxygen atoms in total. The largest absolute Gasteiger partial charge is 0.379 e. The lowest BCUT2D eigenvalue weighted by Crippen LogP contribution is -2.36. The van der Waals surface area contributed by atoms with Gasteiger partial charge in [0, 0.05) is 61.3 Å². The molecule has 6 amide bonds. The second kappa shape index (κ2) is 24.8. The van der Waals surface area contributed by atoms with Crippen LogP contribution in [0.15, 0.2) is 0 Å². The van der Waals surface area contributed by atoms with Gasteiger partial charge in [0.25, 0.3) is 11.8 Å². The normalized spacial score (nSPS) is 19.9. The highest BCUT2D eigenvalue weighted by molar-refractivity contribution is 8.76. The summed E-state index contributed by atoms with van der Waals surface area (Å²) in [6.07, 6.45) is 3.71. The van der Waals surface area contributed by atoms with Crippen LogP contribution in [0.4, 0.5) is 4.79 Å². The lowest BCUT2D eigenvalue weighted by molar-refractivity contribution is -0.197. The van der Waals surface area contributed by atoms with Gasteiger partial charge in [0.05, 0.1) is 71.4 Å². The van der Waals surface area contributed by atoms with Crippen LogP contribution in [0.5, 0.6) is 0 Å². The van der Waals surface area contributed by atoms with E-state index in [0.717, 1.165) is 25.0 Å². The van der Waals surface area contributed by atoms with E-state index < -0.39 is 17.8 Å². The number of fused-ring (bicyclic) bond motifs is 1. The molecule has 3 aliphatic heterocycles. The summed E-state index contributed by atoms with van der Waals surface area (Å²) in [5.41, 5.74) is 0. The number of carbonyl (C=O) groups is 6. The van der Waals surface area contributed by atoms with Crippen LogP contribution in [0.2, 0.25) is 0 Å². The molecule has 4 N–H and O–H groups in total. The van der Waals surface area contributed by atoms with Gasteiger partial charge in [-0.15, -0.1) is 5.06 Å². The van der Waals surface area contributed by atoms with Crippen LogP contribution in [0.25, 0.3) is 0 Å². The number of hydroxylamine groups is 2. The molecular formula is C30H49N5O11S3. The van der Waals surface area contributed by atoms with Gasteiger partial charge in [0.2, 0.25) is 11.8 Å². The molecule has 3 aliphatic rings. The van der Waals surface area contributed by atoms with E-state index in [1.807, 2.05) is 11.8 Å². The second-order valence-corrected chi connectivity index (χ2v) is 15.2. The molecule has 0 unspecified atom stereocenters. The van der Waals surface area contributed by atoms with Crippen LogP contribution in [0, 0.1) is 0 Å². The summed E-state index contributed by atoms with van der Waals surface area (Å²) in [4.78, 5) is 74.8. The van der Waals surface area contributed by atoms with Crippen molar-refractivity contribution in [1.29, 1.82) is 0 Å². The summed E-state index contributed by atoms with van der Waals surface area (Å²) in [5.74, 6) is 0.344. The van der Waals surface area contributed by atoms with E-state index in [-0.39, 0.29) is 62.2 Å². The molecule has 0 aromatic rings. The third kappa shape index (κ3) is 17.5. The van der Waals surface area contributed by atoms with Crippen LogP contribution >= 0.6 is 33.3 Å². The average molecular weight is 752 g/mol. The number of carbonyl (C=O) groups excluding carboxylic acids is 6. The third-order valence-corrected chi connectivity index (χ3v) is 11.3. The number of urea groups is 1. The highest BCUT2D eigenvalue weighted by Crippen LogP contribution is 2.33. The van der Waals surface area contributed by atoms with Crippen molar-refractivity contribution in [2.75, 3.05) is 83.2 Å². The van der Waals surface area contributed by atoms with Crippen molar-refractivity contribution in [2.45, 2.75) is 68.7 Å². The van der Waals surface area contributed by atoms with E-state index in [0.29, 0.717) is 87.6 Å². The number of imide groups is 1. The summed E-state index contributed by atoms with van der Waals surface area (Å²) >= 11 is 1.89. The molecule has 19 heteroatoms. The molecule has 278 valence electrons. The minimum absolute atomic E-state index is 0.0222. The summed E-state index contributed by atoms with van der Waals surface area (Å²) in [7, 11) is 2.94. The third-order valence-electron chi connectivity index (χ3n) is 7.42. The lowest BCUT2D eigenvalue weighted by atomic mass is 10.0. The number of nitrogens with zero attached hydrogens (tertiary/aromatic N) is 1. The SMILES string of the molecule is O=C(CCCC[C@@H]1SC[C@@H]2NC(=O)N[C@H]21)NCCOCCOCCOCCOCCC(=O)NCCSSCCC(=O)ON1C(=O)CCC1=O. The highest BCUT2D eigenvalue weighted by atomic mass is 33.1. The van der Waals surface area contributed by atoms with Gasteiger partial charge < -0.3 is 45.1 Å². The Morgan fingerprint density at radius 3 is 2.06 bits per heavy atom. The Bertz CT molecular complexity index is 1060. The van der Waals surface area contributed by atoms with Crippen LogP contribution in [0.3, 0.4) is 0 Å². The Balaban J connectivity index is 0.968. The van der Waals surface area contributed by atoms with Crippen molar-refractivity contribution in [3.05, 3.63) is 0 Å². The molecule has 0 aromatic heterocycles. The van der Waals surface area contributed by atoms with Crippen LogP contribution < -0.4 is 21.3 Å². The molecule has 0 aliphatic carbocycles. The minimum atomic E-state index is -0.627. The second-order valence-electron chi connectivity index (χ2n) is 11.2. The molecule has 0 saturated carbocycles. The number of hydrogen-bond acceptors (Lipinski definition) is 14. The van der Waals surface area contributed by atoms with Crippen LogP contribution in [0.1, 0.15) is 51.4 Å². The van der Waals surface area contributed by atoms with Crippen LogP contribution in [-0.4, -0.2) is 141 Å². The Hall–Kier alpha value is -2.29. The minimum Gasteiger partial charge on any atom is -0.379 e. The number of amides is 6. The summed E-state index contributed by atoms with van der Waals surface area (Å²) in [5, 5.41) is 12.6. The number of unbranched alkanes of at least 4 members (excludes halogenated alkanes) is 1. The van der Waals surface area contributed by atoms with Gasteiger partial charge in [-0.25, -0.2) is 9.59 Å². The van der Waals surface area contributed by atoms with E-state index >= 15 is 0 Å². The van der Waals surface area contributed by atoms with Crippen LogP contribution in [-0.2, 0) is 47.8 Å². The monoisotopic (exact) mass is 751 g/mol. The first kappa shape index (κ1) is 41.1. The van der Waals surface area contributed by atoms with E-state index in [4.69, 9.17) is 23.8 Å². The fraction of sp³-hybridized carbons (Fsp3) is 0.800. The number of thioether (sulfide) groups is 1. The maximum Gasteiger partial charge on any atom is 0.334 e. The average Bonchev–Trinajstić information content (AvgIpc) is 3.74. The molecule has 3 fully saturated rings. The Kier molecular flexibility index (Phi) is 20.8. The quantitative estimate of drug-likeness (QED) is 0.0379. The zero-order chi connectivity index (χ0) is 35.1. The molecule has 0 spiro atoms. The maximum absolute atomic E-state index is 12.0. The number of rotatable bonds is 28. The van der Waals surface area contributed by atoms with E-state index in [1.54, 1.807) is 0 Å².